The Hall–Kier alpha value is -4.40. The number of pyridine rings is 1. The van der Waals surface area contributed by atoms with Crippen LogP contribution in [-0.4, -0.2) is 58.3 Å². The molecule has 0 spiro atoms. The lowest BCUT2D eigenvalue weighted by Crippen LogP contribution is -2.33. The highest BCUT2D eigenvalue weighted by atomic mass is 19.1. The number of carbonyl (C=O) groups is 1. The highest BCUT2D eigenvalue weighted by molar-refractivity contribution is 5.94. The van der Waals surface area contributed by atoms with Crippen molar-refractivity contribution in [1.82, 2.24) is 19.4 Å². The molecule has 3 fully saturated rings. The molecule has 2 unspecified atom stereocenters. The summed E-state index contributed by atoms with van der Waals surface area (Å²) in [4.78, 5) is 24.0. The molecule has 1 saturated carbocycles. The molecule has 2 aromatic carbocycles. The van der Waals surface area contributed by atoms with E-state index in [-0.39, 0.29) is 23.8 Å². The molecule has 7 rings (SSSR count). The summed E-state index contributed by atoms with van der Waals surface area (Å²) in [5.74, 6) is 0.636. The lowest BCUT2D eigenvalue weighted by molar-refractivity contribution is -0.0591. The highest BCUT2D eigenvalue weighted by Gasteiger charge is 2.57. The number of likely N-dealkylation sites (tertiary alicyclic amines) is 1. The molecule has 43 heavy (non-hydrogen) atoms. The fraction of sp³-hybridized carbons (Fsp3) is 0.375. The monoisotopic (exact) mass is 585 g/mol. The molecule has 220 valence electrons. The first-order valence-corrected chi connectivity index (χ1v) is 14.3. The second-order valence-electron chi connectivity index (χ2n) is 11.4. The average molecular weight is 586 g/mol. The molecule has 2 aliphatic heterocycles. The van der Waals surface area contributed by atoms with Gasteiger partial charge in [0.2, 0.25) is 5.88 Å². The minimum Gasteiger partial charge on any atom is -0.473 e. The Balaban J connectivity index is 1.03. The van der Waals surface area contributed by atoms with Crippen molar-refractivity contribution >= 4 is 17.0 Å². The summed E-state index contributed by atoms with van der Waals surface area (Å²) < 4.78 is 47.2. The number of aromatic nitrogens is 3. The maximum absolute atomic E-state index is 14.7. The van der Waals surface area contributed by atoms with E-state index in [0.29, 0.717) is 53.3 Å². The van der Waals surface area contributed by atoms with Gasteiger partial charge in [-0.15, -0.1) is 0 Å². The second-order valence-corrected chi connectivity index (χ2v) is 11.4. The molecule has 3 aliphatic rings. The van der Waals surface area contributed by atoms with Gasteiger partial charge in [-0.25, -0.2) is 23.5 Å². The highest BCUT2D eigenvalue weighted by Crippen LogP contribution is 2.58. The zero-order valence-corrected chi connectivity index (χ0v) is 23.5. The smallest absolute Gasteiger partial charge is 0.340 e. The first kappa shape index (κ1) is 27.4. The Labute approximate surface area is 246 Å². The van der Waals surface area contributed by atoms with Crippen LogP contribution in [0.25, 0.3) is 11.0 Å². The van der Waals surface area contributed by atoms with E-state index in [9.17, 15) is 13.6 Å². The van der Waals surface area contributed by atoms with Gasteiger partial charge in [0.05, 0.1) is 54.5 Å². The van der Waals surface area contributed by atoms with Crippen LogP contribution in [0.4, 0.5) is 8.78 Å². The summed E-state index contributed by atoms with van der Waals surface area (Å²) >= 11 is 0. The normalized spacial score (nSPS) is 22.6. The number of carbonyl (C=O) groups excluding carboxylic acids is 1. The van der Waals surface area contributed by atoms with Gasteiger partial charge in [-0.1, -0.05) is 12.1 Å². The molecular weight excluding hydrogens is 556 g/mol. The third-order valence-electron chi connectivity index (χ3n) is 8.78. The number of nitrogens with zero attached hydrogens (tertiary/aromatic N) is 5. The lowest BCUT2D eigenvalue weighted by Gasteiger charge is -2.28. The summed E-state index contributed by atoms with van der Waals surface area (Å²) in [5.41, 5.74) is 2.68. The number of halogens is 2. The SMILES string of the molecule is COC(=O)c1cc2c(cc1F)nc(CN1CC3C(C1)C3c1cccc(OCc3ccc(C#N)cc3F)n1)n2C[C@@H]1CCO1. The predicted molar refractivity (Wildman–Crippen MR) is 150 cm³/mol. The Bertz CT molecular complexity index is 1750. The van der Waals surface area contributed by atoms with Gasteiger partial charge < -0.3 is 18.8 Å². The van der Waals surface area contributed by atoms with Crippen molar-refractivity contribution < 1.29 is 27.8 Å². The van der Waals surface area contributed by atoms with Gasteiger partial charge in [-0.3, -0.25) is 4.90 Å². The first-order valence-electron chi connectivity index (χ1n) is 14.3. The fourth-order valence-electron chi connectivity index (χ4n) is 6.38. The van der Waals surface area contributed by atoms with Crippen LogP contribution >= 0.6 is 0 Å². The maximum Gasteiger partial charge on any atom is 0.340 e. The van der Waals surface area contributed by atoms with E-state index in [0.717, 1.165) is 37.6 Å². The molecule has 1 aliphatic carbocycles. The largest absolute Gasteiger partial charge is 0.473 e. The number of esters is 1. The van der Waals surface area contributed by atoms with Crippen molar-refractivity contribution in [1.29, 1.82) is 5.26 Å². The zero-order chi connectivity index (χ0) is 29.7. The van der Waals surface area contributed by atoms with Gasteiger partial charge in [-0.05, 0) is 42.5 Å². The number of hydrogen-bond acceptors (Lipinski definition) is 8. The van der Waals surface area contributed by atoms with Gasteiger partial charge in [0.15, 0.2) is 0 Å². The molecule has 0 radical (unpaired) electrons. The number of piperidine rings is 1. The number of imidazole rings is 1. The topological polar surface area (TPSA) is 102 Å². The second kappa shape index (κ2) is 11.0. The standard InChI is InChI=1S/C32H29F2N5O4/c1-41-32(40)21-10-28-27(11-25(21)34)36-29(39(28)13-20-7-8-42-20)16-38-14-22-23(15-38)31(22)26-3-2-4-30(37-26)43-17-19-6-5-18(12-35)9-24(19)33/h2-6,9-11,20,22-23,31H,7-8,13-17H2,1H3/t20-,22?,23?,31?/m0/s1. The van der Waals surface area contributed by atoms with Crippen molar-refractivity contribution in [2.45, 2.75) is 38.1 Å². The Morgan fingerprint density at radius 3 is 2.63 bits per heavy atom. The van der Waals surface area contributed by atoms with E-state index in [1.165, 1.54) is 25.3 Å². The molecule has 0 N–H and O–H groups in total. The van der Waals surface area contributed by atoms with Crippen molar-refractivity contribution in [2.75, 3.05) is 26.8 Å². The molecule has 4 heterocycles. The lowest BCUT2D eigenvalue weighted by atomic mass is 10.1. The minimum absolute atomic E-state index is 0.0250. The summed E-state index contributed by atoms with van der Waals surface area (Å²) in [7, 11) is 1.24. The van der Waals surface area contributed by atoms with Crippen molar-refractivity contribution in [2.24, 2.45) is 11.8 Å². The van der Waals surface area contributed by atoms with Crippen LogP contribution in [0.5, 0.6) is 5.88 Å². The molecule has 0 bridgehead atoms. The summed E-state index contributed by atoms with van der Waals surface area (Å²) in [5, 5.41) is 8.94. The third-order valence-corrected chi connectivity index (χ3v) is 8.78. The van der Waals surface area contributed by atoms with Crippen LogP contribution in [0.3, 0.4) is 0 Å². The number of ether oxygens (including phenoxy) is 3. The molecule has 3 atom stereocenters. The summed E-state index contributed by atoms with van der Waals surface area (Å²) in [6.45, 7) is 3.69. The number of rotatable bonds is 9. The van der Waals surface area contributed by atoms with Gasteiger partial charge in [-0.2, -0.15) is 5.26 Å². The number of hydrogen-bond donors (Lipinski definition) is 0. The van der Waals surface area contributed by atoms with Gasteiger partial charge >= 0.3 is 5.97 Å². The Kier molecular flexibility index (Phi) is 7.03. The summed E-state index contributed by atoms with van der Waals surface area (Å²) in [6.07, 6.45) is 1.01. The van der Waals surface area contributed by atoms with E-state index in [4.69, 9.17) is 29.4 Å². The minimum atomic E-state index is -0.719. The van der Waals surface area contributed by atoms with Crippen molar-refractivity contribution in [3.63, 3.8) is 0 Å². The summed E-state index contributed by atoms with van der Waals surface area (Å²) in [6, 6.07) is 14.8. The Morgan fingerprint density at radius 2 is 1.93 bits per heavy atom. The number of nitriles is 1. The predicted octanol–water partition coefficient (Wildman–Crippen LogP) is 4.58. The van der Waals surface area contributed by atoms with Gasteiger partial charge in [0, 0.05) is 49.0 Å². The van der Waals surface area contributed by atoms with Crippen LogP contribution in [0.1, 0.15) is 45.3 Å². The van der Waals surface area contributed by atoms with Crippen LogP contribution in [0, 0.1) is 34.8 Å². The van der Waals surface area contributed by atoms with Crippen molar-refractivity contribution in [3.8, 4) is 11.9 Å². The van der Waals surface area contributed by atoms with Crippen LogP contribution in [-0.2, 0) is 29.2 Å². The van der Waals surface area contributed by atoms with Crippen LogP contribution in [0.2, 0.25) is 0 Å². The van der Waals surface area contributed by atoms with Crippen LogP contribution in [0.15, 0.2) is 48.5 Å². The number of benzene rings is 2. The fourth-order valence-corrected chi connectivity index (χ4v) is 6.38. The van der Waals surface area contributed by atoms with Gasteiger partial charge in [0.1, 0.15) is 24.1 Å². The van der Waals surface area contributed by atoms with E-state index >= 15 is 0 Å². The molecule has 4 aromatic rings. The molecule has 0 amide bonds. The first-order chi connectivity index (χ1) is 20.9. The van der Waals surface area contributed by atoms with Crippen molar-refractivity contribution in [3.05, 3.63) is 88.4 Å². The molecular formula is C32H29F2N5O4. The molecule has 2 aromatic heterocycles. The Morgan fingerprint density at radius 1 is 1.12 bits per heavy atom. The molecule has 9 nitrogen and oxygen atoms in total. The van der Waals surface area contributed by atoms with E-state index in [1.54, 1.807) is 18.2 Å². The maximum atomic E-state index is 14.7. The molecule has 2 saturated heterocycles. The zero-order valence-electron chi connectivity index (χ0n) is 23.5. The third kappa shape index (κ3) is 5.21. The number of fused-ring (bicyclic) bond motifs is 2. The van der Waals surface area contributed by atoms with E-state index < -0.39 is 17.6 Å². The van der Waals surface area contributed by atoms with E-state index in [1.807, 2.05) is 22.8 Å². The van der Waals surface area contributed by atoms with Gasteiger partial charge in [0.25, 0.3) is 0 Å². The van der Waals surface area contributed by atoms with Crippen LogP contribution < -0.4 is 4.74 Å². The van der Waals surface area contributed by atoms with E-state index in [2.05, 4.69) is 4.90 Å². The number of methoxy groups -OCH3 is 1. The molecule has 11 heteroatoms. The average Bonchev–Trinajstić information content (AvgIpc) is 3.31. The quantitative estimate of drug-likeness (QED) is 0.263.